The minimum absolute atomic E-state index is 0.150. The number of aromatic nitrogens is 2. The fraction of sp³-hybridized carbons (Fsp3) is 0.667. The maximum absolute atomic E-state index is 11.8. The third kappa shape index (κ3) is 3.25. The summed E-state index contributed by atoms with van der Waals surface area (Å²) in [7, 11) is -3.19. The summed E-state index contributed by atoms with van der Waals surface area (Å²) in [4.78, 5) is 10.6. The molecule has 1 saturated carbocycles. The van der Waals surface area contributed by atoms with Gasteiger partial charge in [0.25, 0.3) is 0 Å². The van der Waals surface area contributed by atoms with E-state index < -0.39 is 10.0 Å². The minimum Gasteiger partial charge on any atom is -0.378 e. The monoisotopic (exact) mass is 298 g/mol. The Morgan fingerprint density at radius 2 is 2.10 bits per heavy atom. The van der Waals surface area contributed by atoms with Gasteiger partial charge in [-0.25, -0.2) is 23.1 Å². The van der Waals surface area contributed by atoms with E-state index in [9.17, 15) is 8.42 Å². The second-order valence-electron chi connectivity index (χ2n) is 5.00. The molecule has 1 N–H and O–H groups in total. The van der Waals surface area contributed by atoms with Crippen LogP contribution in [0.2, 0.25) is 0 Å². The van der Waals surface area contributed by atoms with Gasteiger partial charge in [-0.3, -0.25) is 0 Å². The Morgan fingerprint density at radius 1 is 1.35 bits per heavy atom. The molecule has 2 aliphatic rings. The molecule has 1 aliphatic carbocycles. The van der Waals surface area contributed by atoms with Crippen LogP contribution >= 0.6 is 0 Å². The van der Waals surface area contributed by atoms with Crippen LogP contribution in [0.4, 0.5) is 5.82 Å². The molecule has 20 heavy (non-hydrogen) atoms. The Hall–Kier alpha value is -1.25. The van der Waals surface area contributed by atoms with Gasteiger partial charge in [-0.1, -0.05) is 0 Å². The smallest absolute Gasteiger partial charge is 0.214 e. The Labute approximate surface area is 118 Å². The molecule has 0 bridgehead atoms. The number of rotatable bonds is 5. The summed E-state index contributed by atoms with van der Waals surface area (Å²) < 4.78 is 31.4. The van der Waals surface area contributed by atoms with Gasteiger partial charge in [0.05, 0.1) is 25.0 Å². The van der Waals surface area contributed by atoms with E-state index in [-0.39, 0.29) is 11.8 Å². The molecule has 0 radical (unpaired) electrons. The van der Waals surface area contributed by atoms with E-state index in [1.54, 1.807) is 6.20 Å². The molecular formula is C12H18N4O3S. The van der Waals surface area contributed by atoms with Gasteiger partial charge in [-0.15, -0.1) is 0 Å². The van der Waals surface area contributed by atoms with Gasteiger partial charge in [0.1, 0.15) is 11.6 Å². The van der Waals surface area contributed by atoms with E-state index in [2.05, 4.69) is 19.6 Å². The number of hydrogen-bond acceptors (Lipinski definition) is 6. The van der Waals surface area contributed by atoms with Crippen LogP contribution in [0.15, 0.2) is 12.3 Å². The summed E-state index contributed by atoms with van der Waals surface area (Å²) in [6, 6.07) is 1.84. The lowest BCUT2D eigenvalue weighted by Crippen LogP contribution is -2.37. The van der Waals surface area contributed by atoms with Gasteiger partial charge in [0, 0.05) is 19.3 Å². The summed E-state index contributed by atoms with van der Waals surface area (Å²) in [5.74, 6) is 1.32. The van der Waals surface area contributed by atoms with E-state index in [4.69, 9.17) is 4.74 Å². The van der Waals surface area contributed by atoms with E-state index >= 15 is 0 Å². The highest BCUT2D eigenvalue weighted by molar-refractivity contribution is 7.90. The van der Waals surface area contributed by atoms with Crippen LogP contribution in [0.5, 0.6) is 0 Å². The SMILES string of the molecule is O=S(=O)(NCc1nccc(N2CCOCC2)n1)C1CC1. The second kappa shape index (κ2) is 5.63. The molecule has 0 atom stereocenters. The summed E-state index contributed by atoms with van der Waals surface area (Å²) >= 11 is 0. The van der Waals surface area contributed by atoms with Crippen LogP contribution in [0.1, 0.15) is 18.7 Å². The molecule has 110 valence electrons. The maximum atomic E-state index is 11.8. The number of hydrogen-bond donors (Lipinski definition) is 1. The van der Waals surface area contributed by atoms with Crippen molar-refractivity contribution in [3.63, 3.8) is 0 Å². The summed E-state index contributed by atoms with van der Waals surface area (Å²) in [6.45, 7) is 3.12. The average Bonchev–Trinajstić information content (AvgIpc) is 3.32. The Morgan fingerprint density at radius 3 is 2.80 bits per heavy atom. The molecule has 8 heteroatoms. The van der Waals surface area contributed by atoms with Crippen LogP contribution in [-0.2, 0) is 21.3 Å². The van der Waals surface area contributed by atoms with Crippen molar-refractivity contribution in [2.45, 2.75) is 24.6 Å². The lowest BCUT2D eigenvalue weighted by Gasteiger charge is -2.27. The summed E-state index contributed by atoms with van der Waals surface area (Å²) in [6.07, 6.45) is 3.17. The van der Waals surface area contributed by atoms with Crippen molar-refractivity contribution in [1.29, 1.82) is 0 Å². The molecular weight excluding hydrogens is 280 g/mol. The van der Waals surface area contributed by atoms with Crippen LogP contribution in [0.25, 0.3) is 0 Å². The predicted molar refractivity (Wildman–Crippen MR) is 73.8 cm³/mol. The van der Waals surface area contributed by atoms with Gasteiger partial charge < -0.3 is 9.64 Å². The fourth-order valence-corrected chi connectivity index (χ4v) is 3.43. The first-order valence-corrected chi connectivity index (χ1v) is 8.33. The zero-order valence-corrected chi connectivity index (χ0v) is 12.0. The fourth-order valence-electron chi connectivity index (χ4n) is 2.10. The first kappa shape index (κ1) is 13.7. The van der Waals surface area contributed by atoms with E-state index in [1.807, 2.05) is 6.07 Å². The molecule has 7 nitrogen and oxygen atoms in total. The van der Waals surface area contributed by atoms with Crippen LogP contribution in [0, 0.1) is 0 Å². The van der Waals surface area contributed by atoms with Gasteiger partial charge in [0.15, 0.2) is 0 Å². The highest BCUT2D eigenvalue weighted by atomic mass is 32.2. The predicted octanol–water partition coefficient (Wildman–Crippen LogP) is -0.105. The Balaban J connectivity index is 1.64. The lowest BCUT2D eigenvalue weighted by molar-refractivity contribution is 0.122. The Bertz CT molecular complexity index is 568. The van der Waals surface area contributed by atoms with E-state index in [1.165, 1.54) is 0 Å². The zero-order valence-electron chi connectivity index (χ0n) is 11.2. The maximum Gasteiger partial charge on any atom is 0.214 e. The second-order valence-corrected chi connectivity index (χ2v) is 7.04. The standard InChI is InChI=1S/C12H18N4O3S/c17-20(18,10-1-2-10)14-9-11-13-4-3-12(15-11)16-5-7-19-8-6-16/h3-4,10,14H,1-2,5-9H2. The molecule has 1 aliphatic heterocycles. The summed E-state index contributed by atoms with van der Waals surface area (Å²) in [5.41, 5.74) is 0. The van der Waals surface area contributed by atoms with Crippen molar-refractivity contribution < 1.29 is 13.2 Å². The van der Waals surface area contributed by atoms with E-state index in [0.29, 0.717) is 19.0 Å². The number of anilines is 1. The molecule has 1 saturated heterocycles. The zero-order chi connectivity index (χ0) is 14.0. The third-order valence-electron chi connectivity index (χ3n) is 3.42. The molecule has 3 rings (SSSR count). The number of morpholine rings is 1. The third-order valence-corrected chi connectivity index (χ3v) is 5.32. The number of ether oxygens (including phenoxy) is 1. The minimum atomic E-state index is -3.19. The van der Waals surface area contributed by atoms with Gasteiger partial charge in [-0.05, 0) is 18.9 Å². The average molecular weight is 298 g/mol. The first-order valence-electron chi connectivity index (χ1n) is 6.78. The lowest BCUT2D eigenvalue weighted by atomic mass is 10.4. The number of sulfonamides is 1. The molecule has 2 fully saturated rings. The van der Waals surface area contributed by atoms with Gasteiger partial charge in [0.2, 0.25) is 10.0 Å². The van der Waals surface area contributed by atoms with Crippen molar-refractivity contribution in [2.24, 2.45) is 0 Å². The first-order chi connectivity index (χ1) is 9.65. The quantitative estimate of drug-likeness (QED) is 0.817. The number of nitrogens with zero attached hydrogens (tertiary/aromatic N) is 3. The highest BCUT2D eigenvalue weighted by Crippen LogP contribution is 2.27. The topological polar surface area (TPSA) is 84.4 Å². The van der Waals surface area contributed by atoms with Crippen molar-refractivity contribution in [1.82, 2.24) is 14.7 Å². The molecule has 1 aromatic rings. The summed E-state index contributed by atoms with van der Waals surface area (Å²) in [5, 5.41) is -0.218. The normalized spacial score (nSPS) is 20.1. The molecule has 0 spiro atoms. The molecule has 0 aromatic carbocycles. The van der Waals surface area contributed by atoms with Crippen LogP contribution < -0.4 is 9.62 Å². The Kier molecular flexibility index (Phi) is 3.86. The van der Waals surface area contributed by atoms with Gasteiger partial charge >= 0.3 is 0 Å². The largest absolute Gasteiger partial charge is 0.378 e. The van der Waals surface area contributed by atoms with E-state index in [0.717, 1.165) is 31.7 Å². The molecule has 2 heterocycles. The molecule has 0 amide bonds. The van der Waals surface area contributed by atoms with Crippen molar-refractivity contribution >= 4 is 15.8 Å². The highest BCUT2D eigenvalue weighted by Gasteiger charge is 2.35. The van der Waals surface area contributed by atoms with Crippen molar-refractivity contribution in [3.8, 4) is 0 Å². The van der Waals surface area contributed by atoms with Crippen LogP contribution in [-0.4, -0.2) is 49.9 Å². The van der Waals surface area contributed by atoms with Gasteiger partial charge in [-0.2, -0.15) is 0 Å². The molecule has 0 unspecified atom stereocenters. The van der Waals surface area contributed by atoms with Crippen molar-refractivity contribution in [3.05, 3.63) is 18.1 Å². The number of nitrogens with one attached hydrogen (secondary N) is 1. The van der Waals surface area contributed by atoms with Crippen molar-refractivity contribution in [2.75, 3.05) is 31.2 Å². The van der Waals surface area contributed by atoms with Crippen LogP contribution in [0.3, 0.4) is 0 Å². The molecule has 1 aromatic heterocycles.